The van der Waals surface area contributed by atoms with E-state index in [9.17, 15) is 14.0 Å². The maximum absolute atomic E-state index is 13.6. The molecule has 0 aliphatic carbocycles. The normalized spacial score (nSPS) is 13.1. The molecule has 1 aliphatic rings. The third-order valence-corrected chi connectivity index (χ3v) is 4.62. The highest BCUT2D eigenvalue weighted by Gasteiger charge is 2.17. The fourth-order valence-corrected chi connectivity index (χ4v) is 3.28. The van der Waals surface area contributed by atoms with Gasteiger partial charge in [-0.1, -0.05) is 12.1 Å². The summed E-state index contributed by atoms with van der Waals surface area (Å²) in [6.07, 6.45) is 0.0674. The first-order valence-corrected chi connectivity index (χ1v) is 8.34. The van der Waals surface area contributed by atoms with Gasteiger partial charge in [-0.25, -0.2) is 4.39 Å². The number of fused-ring (bicyclic) bond motifs is 1. The van der Waals surface area contributed by atoms with Crippen LogP contribution in [0.15, 0.2) is 47.4 Å². The Morgan fingerprint density at radius 2 is 1.87 bits per heavy atom. The molecule has 1 heterocycles. The van der Waals surface area contributed by atoms with E-state index < -0.39 is 5.82 Å². The maximum Gasteiger partial charge on any atom is 0.166 e. The van der Waals surface area contributed by atoms with Gasteiger partial charge in [-0.05, 0) is 30.3 Å². The predicted octanol–water partition coefficient (Wildman–Crippen LogP) is 4.16. The van der Waals surface area contributed by atoms with E-state index in [0.717, 1.165) is 16.4 Å². The maximum atomic E-state index is 13.6. The van der Waals surface area contributed by atoms with Gasteiger partial charge in [0.05, 0.1) is 17.1 Å². The number of rotatable bonds is 5. The number of carbonyl (C=O) groups is 2. The Kier molecular flexibility index (Phi) is 4.76. The molecule has 0 spiro atoms. The van der Waals surface area contributed by atoms with Crippen molar-refractivity contribution in [3.63, 3.8) is 0 Å². The molecule has 5 heteroatoms. The van der Waals surface area contributed by atoms with E-state index in [1.165, 1.54) is 18.2 Å². The molecule has 0 unspecified atom stereocenters. The van der Waals surface area contributed by atoms with E-state index in [1.54, 1.807) is 36.0 Å². The van der Waals surface area contributed by atoms with Crippen molar-refractivity contribution in [2.75, 3.05) is 12.4 Å². The molecule has 2 aromatic rings. The second-order valence-corrected chi connectivity index (χ2v) is 6.32. The average molecular weight is 330 g/mol. The topological polar surface area (TPSA) is 43.4 Å². The number of hydrogen-bond acceptors (Lipinski definition) is 4. The van der Waals surface area contributed by atoms with Gasteiger partial charge < -0.3 is 4.74 Å². The summed E-state index contributed by atoms with van der Waals surface area (Å²) in [7, 11) is 0. The molecule has 0 radical (unpaired) electrons. The lowest BCUT2D eigenvalue weighted by molar-refractivity contribution is 0.0915. The first kappa shape index (κ1) is 15.7. The largest absolute Gasteiger partial charge is 0.492 e. The molecule has 0 bridgehead atoms. The van der Waals surface area contributed by atoms with Crippen LogP contribution in [0.5, 0.6) is 5.75 Å². The van der Waals surface area contributed by atoms with E-state index in [4.69, 9.17) is 4.74 Å². The average Bonchev–Trinajstić information content (AvgIpc) is 2.59. The summed E-state index contributed by atoms with van der Waals surface area (Å²) in [4.78, 5) is 25.2. The summed E-state index contributed by atoms with van der Waals surface area (Å²) in [5.74, 6) is 0.624. The minimum atomic E-state index is -0.549. The highest BCUT2D eigenvalue weighted by molar-refractivity contribution is 7.99. The summed E-state index contributed by atoms with van der Waals surface area (Å²) in [5.41, 5.74) is 0.595. The van der Waals surface area contributed by atoms with Crippen LogP contribution in [-0.2, 0) is 0 Å². The zero-order valence-corrected chi connectivity index (χ0v) is 13.2. The van der Waals surface area contributed by atoms with E-state index in [1.807, 2.05) is 0 Å². The van der Waals surface area contributed by atoms with Gasteiger partial charge in [-0.15, -0.1) is 11.8 Å². The minimum Gasteiger partial charge on any atom is -0.492 e. The summed E-state index contributed by atoms with van der Waals surface area (Å²) in [6.45, 7) is 0.669. The van der Waals surface area contributed by atoms with Crippen LogP contribution in [-0.4, -0.2) is 23.9 Å². The van der Waals surface area contributed by atoms with Gasteiger partial charge in [0.25, 0.3) is 0 Å². The first-order chi connectivity index (χ1) is 11.1. The van der Waals surface area contributed by atoms with Gasteiger partial charge in [0.1, 0.15) is 11.6 Å². The third-order valence-electron chi connectivity index (χ3n) is 3.62. The lowest BCUT2D eigenvalue weighted by atomic mass is 10.0. The number of benzene rings is 2. The van der Waals surface area contributed by atoms with Crippen molar-refractivity contribution >= 4 is 23.3 Å². The quantitative estimate of drug-likeness (QED) is 0.772. The summed E-state index contributed by atoms with van der Waals surface area (Å²) in [6, 6.07) is 11.1. The van der Waals surface area contributed by atoms with Crippen LogP contribution in [0.1, 0.15) is 33.6 Å². The molecule has 0 saturated heterocycles. The van der Waals surface area contributed by atoms with E-state index in [0.29, 0.717) is 12.2 Å². The van der Waals surface area contributed by atoms with Crippen molar-refractivity contribution in [2.24, 2.45) is 0 Å². The zero-order chi connectivity index (χ0) is 16.2. The smallest absolute Gasteiger partial charge is 0.166 e. The molecule has 0 atom stereocenters. The van der Waals surface area contributed by atoms with Gasteiger partial charge in [-0.2, -0.15) is 0 Å². The molecule has 0 N–H and O–H groups in total. The van der Waals surface area contributed by atoms with Gasteiger partial charge >= 0.3 is 0 Å². The lowest BCUT2D eigenvalue weighted by Gasteiger charge is -2.17. The van der Waals surface area contributed by atoms with Crippen LogP contribution in [0.2, 0.25) is 0 Å². The number of hydrogen-bond donors (Lipinski definition) is 0. The Bertz CT molecular complexity index is 758. The predicted molar refractivity (Wildman–Crippen MR) is 87.0 cm³/mol. The Hall–Kier alpha value is -2.14. The molecule has 0 aromatic heterocycles. The summed E-state index contributed by atoms with van der Waals surface area (Å²) >= 11 is 1.65. The van der Waals surface area contributed by atoms with Crippen LogP contribution < -0.4 is 4.74 Å². The molecular formula is C18H15FO3S. The van der Waals surface area contributed by atoms with Crippen molar-refractivity contribution in [1.29, 1.82) is 0 Å². The molecule has 118 valence electrons. The first-order valence-electron chi connectivity index (χ1n) is 7.36. The van der Waals surface area contributed by atoms with E-state index >= 15 is 0 Å². The Balaban J connectivity index is 1.66. The van der Waals surface area contributed by atoms with Crippen molar-refractivity contribution in [1.82, 2.24) is 0 Å². The van der Waals surface area contributed by atoms with Crippen molar-refractivity contribution in [3.8, 4) is 5.75 Å². The molecule has 3 rings (SSSR count). The molecule has 3 nitrogen and oxygen atoms in total. The summed E-state index contributed by atoms with van der Waals surface area (Å²) in [5, 5.41) is 0. The molecule has 0 fully saturated rings. The second kappa shape index (κ2) is 6.96. The van der Waals surface area contributed by atoms with Crippen LogP contribution in [0.4, 0.5) is 4.39 Å². The molecular weight excluding hydrogens is 315 g/mol. The monoisotopic (exact) mass is 330 g/mol. The SMILES string of the molecule is O=C(CCC(=O)c1ccccc1F)c1ccc2c(c1)SCCO2. The van der Waals surface area contributed by atoms with Crippen LogP contribution in [0, 0.1) is 5.82 Å². The van der Waals surface area contributed by atoms with Crippen molar-refractivity contribution in [2.45, 2.75) is 17.7 Å². The van der Waals surface area contributed by atoms with Crippen LogP contribution >= 0.6 is 11.8 Å². The number of thioether (sulfide) groups is 1. The van der Waals surface area contributed by atoms with E-state index in [-0.39, 0.29) is 30.0 Å². The molecule has 0 saturated carbocycles. The number of carbonyl (C=O) groups excluding carboxylic acids is 2. The second-order valence-electron chi connectivity index (χ2n) is 5.18. The number of Topliss-reactive ketones (excluding diaryl/α,β-unsaturated/α-hetero) is 2. The Labute approximate surface area is 137 Å². The van der Waals surface area contributed by atoms with Crippen molar-refractivity contribution < 1.29 is 18.7 Å². The van der Waals surface area contributed by atoms with Gasteiger partial charge in [-0.3, -0.25) is 9.59 Å². The fourth-order valence-electron chi connectivity index (χ4n) is 2.41. The fraction of sp³-hybridized carbons (Fsp3) is 0.222. The Morgan fingerprint density at radius 1 is 1.09 bits per heavy atom. The van der Waals surface area contributed by atoms with Crippen molar-refractivity contribution in [3.05, 3.63) is 59.4 Å². The zero-order valence-electron chi connectivity index (χ0n) is 12.4. The number of ketones is 2. The van der Waals surface area contributed by atoms with Gasteiger partial charge in [0.2, 0.25) is 0 Å². The summed E-state index contributed by atoms with van der Waals surface area (Å²) < 4.78 is 19.1. The van der Waals surface area contributed by atoms with E-state index in [2.05, 4.69) is 0 Å². The lowest BCUT2D eigenvalue weighted by Crippen LogP contribution is -2.09. The molecule has 2 aromatic carbocycles. The molecule has 1 aliphatic heterocycles. The third kappa shape index (κ3) is 3.62. The highest BCUT2D eigenvalue weighted by atomic mass is 32.2. The Morgan fingerprint density at radius 3 is 2.70 bits per heavy atom. The number of halogens is 1. The van der Waals surface area contributed by atoms with Gasteiger partial charge in [0, 0.05) is 24.2 Å². The van der Waals surface area contributed by atoms with Crippen LogP contribution in [0.25, 0.3) is 0 Å². The minimum absolute atomic E-state index is 0.000490. The molecule has 0 amide bonds. The highest BCUT2D eigenvalue weighted by Crippen LogP contribution is 2.34. The van der Waals surface area contributed by atoms with Crippen LogP contribution in [0.3, 0.4) is 0 Å². The number of ether oxygens (including phenoxy) is 1. The van der Waals surface area contributed by atoms with Gasteiger partial charge in [0.15, 0.2) is 11.6 Å². The molecule has 23 heavy (non-hydrogen) atoms. The standard InChI is InChI=1S/C18H15FO3S/c19-14-4-2-1-3-13(14)16(21)7-6-15(20)12-5-8-17-18(11-12)23-10-9-22-17/h1-5,8,11H,6-7,9-10H2.